The predicted molar refractivity (Wildman–Crippen MR) is 122 cm³/mol. The van der Waals surface area contributed by atoms with Crippen LogP contribution in [0.1, 0.15) is 17.3 Å². The van der Waals surface area contributed by atoms with E-state index in [1.807, 2.05) is 0 Å². The minimum atomic E-state index is -1.00. The zero-order valence-electron chi connectivity index (χ0n) is 18.3. The van der Waals surface area contributed by atoms with Crippen molar-refractivity contribution in [3.63, 3.8) is 0 Å². The van der Waals surface area contributed by atoms with E-state index in [0.717, 1.165) is 0 Å². The topological polar surface area (TPSA) is 98.2 Å². The Morgan fingerprint density at radius 3 is 2.06 bits per heavy atom. The van der Waals surface area contributed by atoms with E-state index in [0.29, 0.717) is 17.1 Å². The molecular weight excluding hydrogens is 424 g/mol. The van der Waals surface area contributed by atoms with Gasteiger partial charge in [-0.2, -0.15) is 0 Å². The number of amides is 1. The molecule has 4 rings (SSSR count). The standard InChI is InChI=1S/C25H22N2O6/c1-31-17-11-5-4-10-16(17)27-22(15-9-6-7-14-26-15)21(24(29)25(27)30)23(28)20-18(32-2)12-8-13-19(20)33-3/h4-14,22,28H,1-3H3/b23-21+. The number of methoxy groups -OCH3 is 3. The summed E-state index contributed by atoms with van der Waals surface area (Å²) >= 11 is 0. The Kier molecular flexibility index (Phi) is 5.99. The summed E-state index contributed by atoms with van der Waals surface area (Å²) in [5.41, 5.74) is 0.815. The molecule has 1 fully saturated rings. The van der Waals surface area contributed by atoms with Gasteiger partial charge >= 0.3 is 0 Å². The minimum absolute atomic E-state index is 0.132. The first kappa shape index (κ1) is 21.9. The molecule has 1 amide bonds. The number of carbonyl (C=O) groups is 2. The molecule has 2 aromatic carbocycles. The number of hydrogen-bond donors (Lipinski definition) is 1. The van der Waals surface area contributed by atoms with Gasteiger partial charge in [-0.25, -0.2) is 0 Å². The minimum Gasteiger partial charge on any atom is -0.506 e. The van der Waals surface area contributed by atoms with E-state index in [9.17, 15) is 14.7 Å². The van der Waals surface area contributed by atoms with Gasteiger partial charge in [0.05, 0.1) is 38.3 Å². The van der Waals surface area contributed by atoms with Crippen molar-refractivity contribution in [1.82, 2.24) is 4.98 Å². The monoisotopic (exact) mass is 446 g/mol. The van der Waals surface area contributed by atoms with Gasteiger partial charge in [-0.15, -0.1) is 0 Å². The molecule has 0 bridgehead atoms. The van der Waals surface area contributed by atoms with Crippen molar-refractivity contribution < 1.29 is 28.9 Å². The van der Waals surface area contributed by atoms with E-state index < -0.39 is 23.5 Å². The molecule has 1 aliphatic heterocycles. The average molecular weight is 446 g/mol. The van der Waals surface area contributed by atoms with Gasteiger partial charge in [-0.05, 0) is 36.4 Å². The summed E-state index contributed by atoms with van der Waals surface area (Å²) in [6.45, 7) is 0. The Balaban J connectivity index is 2.03. The number of aliphatic hydroxyl groups is 1. The second-order valence-electron chi connectivity index (χ2n) is 7.13. The highest BCUT2D eigenvalue weighted by atomic mass is 16.5. The normalized spacial score (nSPS) is 17.2. The highest BCUT2D eigenvalue weighted by Crippen LogP contribution is 2.46. The van der Waals surface area contributed by atoms with Crippen LogP contribution in [0.2, 0.25) is 0 Å². The molecule has 0 spiro atoms. The van der Waals surface area contributed by atoms with Gasteiger partial charge in [-0.3, -0.25) is 19.5 Å². The van der Waals surface area contributed by atoms with Crippen LogP contribution >= 0.6 is 0 Å². The Hall–Kier alpha value is -4.33. The molecule has 2 heterocycles. The lowest BCUT2D eigenvalue weighted by atomic mass is 9.97. The van der Waals surface area contributed by atoms with Crippen molar-refractivity contribution in [1.29, 1.82) is 0 Å². The van der Waals surface area contributed by atoms with Gasteiger partial charge in [0, 0.05) is 6.20 Å². The number of rotatable bonds is 6. The van der Waals surface area contributed by atoms with Crippen LogP contribution in [0.25, 0.3) is 5.76 Å². The smallest absolute Gasteiger partial charge is 0.300 e. The van der Waals surface area contributed by atoms with Crippen LogP contribution in [0.3, 0.4) is 0 Å². The highest BCUT2D eigenvalue weighted by molar-refractivity contribution is 6.52. The fraction of sp³-hybridized carbons (Fsp3) is 0.160. The summed E-state index contributed by atoms with van der Waals surface area (Å²) in [6.07, 6.45) is 1.56. The molecule has 0 aliphatic carbocycles. The molecule has 1 saturated heterocycles. The second kappa shape index (κ2) is 9.04. The second-order valence-corrected chi connectivity index (χ2v) is 7.13. The zero-order valence-corrected chi connectivity index (χ0v) is 18.3. The van der Waals surface area contributed by atoms with Crippen molar-refractivity contribution in [2.75, 3.05) is 26.2 Å². The third kappa shape index (κ3) is 3.65. The Bertz CT molecular complexity index is 1220. The van der Waals surface area contributed by atoms with Gasteiger partial charge in [0.25, 0.3) is 11.7 Å². The van der Waals surface area contributed by atoms with Gasteiger partial charge in [0.2, 0.25) is 0 Å². The Labute approximate surface area is 190 Å². The van der Waals surface area contributed by atoms with E-state index in [4.69, 9.17) is 14.2 Å². The third-order valence-corrected chi connectivity index (χ3v) is 5.42. The number of aromatic nitrogens is 1. The molecule has 33 heavy (non-hydrogen) atoms. The molecule has 1 N–H and O–H groups in total. The number of aliphatic hydroxyl groups excluding tert-OH is 1. The number of ketones is 1. The van der Waals surface area contributed by atoms with Crippen molar-refractivity contribution >= 4 is 23.1 Å². The molecule has 168 valence electrons. The van der Waals surface area contributed by atoms with Crippen molar-refractivity contribution in [2.24, 2.45) is 0 Å². The third-order valence-electron chi connectivity index (χ3n) is 5.42. The maximum atomic E-state index is 13.3. The molecule has 8 heteroatoms. The van der Waals surface area contributed by atoms with Gasteiger partial charge in [0.15, 0.2) is 0 Å². The van der Waals surface area contributed by atoms with Crippen molar-refractivity contribution in [2.45, 2.75) is 6.04 Å². The largest absolute Gasteiger partial charge is 0.506 e. The lowest BCUT2D eigenvalue weighted by Crippen LogP contribution is -2.30. The first-order valence-electron chi connectivity index (χ1n) is 10.1. The summed E-state index contributed by atoms with van der Waals surface area (Å²) in [4.78, 5) is 32.3. The molecule has 0 saturated carbocycles. The molecule has 1 unspecified atom stereocenters. The molecule has 0 radical (unpaired) electrons. The van der Waals surface area contributed by atoms with Crippen LogP contribution in [0.4, 0.5) is 5.69 Å². The van der Waals surface area contributed by atoms with E-state index in [1.165, 1.54) is 26.2 Å². The van der Waals surface area contributed by atoms with Crippen LogP contribution in [0.5, 0.6) is 17.2 Å². The van der Waals surface area contributed by atoms with E-state index in [1.54, 1.807) is 66.9 Å². The van der Waals surface area contributed by atoms with Crippen LogP contribution in [-0.2, 0) is 9.59 Å². The predicted octanol–water partition coefficient (Wildman–Crippen LogP) is 3.73. The van der Waals surface area contributed by atoms with Crippen LogP contribution in [0.15, 0.2) is 72.4 Å². The number of hydrogen-bond acceptors (Lipinski definition) is 7. The van der Waals surface area contributed by atoms with Gasteiger partial charge in [-0.1, -0.05) is 24.3 Å². The summed E-state index contributed by atoms with van der Waals surface area (Å²) in [7, 11) is 4.36. The lowest BCUT2D eigenvalue weighted by molar-refractivity contribution is -0.132. The number of carbonyl (C=O) groups excluding carboxylic acids is 2. The summed E-state index contributed by atoms with van der Waals surface area (Å²) in [5, 5.41) is 11.4. The number of ether oxygens (including phenoxy) is 3. The highest BCUT2D eigenvalue weighted by Gasteiger charge is 2.48. The lowest BCUT2D eigenvalue weighted by Gasteiger charge is -2.26. The van der Waals surface area contributed by atoms with Gasteiger partial charge < -0.3 is 19.3 Å². The maximum Gasteiger partial charge on any atom is 0.300 e. The Morgan fingerprint density at radius 2 is 1.45 bits per heavy atom. The number of pyridine rings is 1. The summed E-state index contributed by atoms with van der Waals surface area (Å²) < 4.78 is 16.2. The zero-order chi connectivity index (χ0) is 23.5. The van der Waals surface area contributed by atoms with E-state index in [-0.39, 0.29) is 22.6 Å². The summed E-state index contributed by atoms with van der Waals surface area (Å²) in [6, 6.07) is 16.0. The molecule has 1 aliphatic rings. The van der Waals surface area contributed by atoms with Crippen LogP contribution in [0, 0.1) is 0 Å². The quantitative estimate of drug-likeness (QED) is 0.350. The number of nitrogens with zero attached hydrogens (tertiary/aromatic N) is 2. The summed E-state index contributed by atoms with van der Waals surface area (Å²) in [5.74, 6) is -1.12. The van der Waals surface area contributed by atoms with Crippen molar-refractivity contribution in [3.8, 4) is 17.2 Å². The van der Waals surface area contributed by atoms with E-state index in [2.05, 4.69) is 4.98 Å². The maximum absolute atomic E-state index is 13.3. The number of benzene rings is 2. The van der Waals surface area contributed by atoms with E-state index >= 15 is 0 Å². The fourth-order valence-corrected chi connectivity index (χ4v) is 3.95. The Morgan fingerprint density at radius 1 is 0.848 bits per heavy atom. The number of para-hydroxylation sites is 2. The van der Waals surface area contributed by atoms with Crippen LogP contribution < -0.4 is 19.1 Å². The average Bonchev–Trinajstić information content (AvgIpc) is 3.13. The fourth-order valence-electron chi connectivity index (χ4n) is 3.95. The first-order valence-corrected chi connectivity index (χ1v) is 10.1. The molecule has 1 aromatic heterocycles. The number of anilines is 1. The molecule has 1 atom stereocenters. The molecule has 8 nitrogen and oxygen atoms in total. The molecular formula is C25H22N2O6. The van der Waals surface area contributed by atoms with Gasteiger partial charge in [0.1, 0.15) is 34.6 Å². The van der Waals surface area contributed by atoms with Crippen LogP contribution in [-0.4, -0.2) is 43.1 Å². The first-order chi connectivity index (χ1) is 16.0. The number of Topliss-reactive ketones (excluding diaryl/α,β-unsaturated/α-hetero) is 1. The SMILES string of the molecule is COc1ccccc1N1C(=O)C(=O)/C(=C(/O)c2c(OC)cccc2OC)C1c1ccccn1. The molecule has 3 aromatic rings. The van der Waals surface area contributed by atoms with Crippen molar-refractivity contribution in [3.05, 3.63) is 83.7 Å².